The molecule has 8 heavy (non-hydrogen) atoms. The van der Waals surface area contributed by atoms with E-state index in [0.29, 0.717) is 12.4 Å². The lowest BCUT2D eigenvalue weighted by Gasteiger charge is -1.74. The van der Waals surface area contributed by atoms with E-state index >= 15 is 0 Å². The second kappa shape index (κ2) is 6.83. The predicted octanol–water partition coefficient (Wildman–Crippen LogP) is 1.88. The molecule has 3 heteroatoms. The van der Waals surface area contributed by atoms with Crippen LogP contribution in [0.2, 0.25) is 0 Å². The number of hydrogen-bond acceptors (Lipinski definition) is 2. The summed E-state index contributed by atoms with van der Waals surface area (Å²) in [7, 11) is 0. The molecule has 0 bridgehead atoms. The van der Waals surface area contributed by atoms with Crippen LogP contribution in [0.4, 0.5) is 0 Å². The number of rotatable bonds is 3. The molecule has 0 radical (unpaired) electrons. The van der Waals surface area contributed by atoms with Gasteiger partial charge in [0, 0.05) is 5.88 Å². The first-order valence-corrected chi connectivity index (χ1v) is 3.10. The Kier molecular flexibility index (Phi) is 6.68. The first kappa shape index (κ1) is 7.83. The van der Waals surface area contributed by atoms with Crippen LogP contribution >= 0.6 is 23.8 Å². The minimum atomic E-state index is 0.535. The summed E-state index contributed by atoms with van der Waals surface area (Å²) < 4.78 is 0. The minimum absolute atomic E-state index is 0.535. The predicted molar refractivity (Wildman–Crippen MR) is 39.8 cm³/mol. The van der Waals surface area contributed by atoms with Crippen molar-refractivity contribution in [2.45, 2.75) is 0 Å². The van der Waals surface area contributed by atoms with Crippen molar-refractivity contribution in [1.29, 1.82) is 0 Å². The second-order valence-corrected chi connectivity index (χ2v) is 1.55. The van der Waals surface area contributed by atoms with Crippen LogP contribution in [-0.2, 0) is 0 Å². The normalized spacial score (nSPS) is 9.12. The zero-order chi connectivity index (χ0) is 6.24. The van der Waals surface area contributed by atoms with Crippen LogP contribution in [-0.4, -0.2) is 17.6 Å². The largest absolute Gasteiger partial charge is 0.228 e. The molecule has 0 aliphatic carbocycles. The van der Waals surface area contributed by atoms with Gasteiger partial charge in [0.1, 0.15) is 0 Å². The van der Waals surface area contributed by atoms with E-state index in [2.05, 4.69) is 22.4 Å². The van der Waals surface area contributed by atoms with E-state index in [0.717, 1.165) is 0 Å². The maximum atomic E-state index is 5.31. The quantitative estimate of drug-likeness (QED) is 0.257. The Morgan fingerprint density at radius 1 is 1.62 bits per heavy atom. The van der Waals surface area contributed by atoms with Crippen LogP contribution in [0.25, 0.3) is 0 Å². The van der Waals surface area contributed by atoms with Gasteiger partial charge in [-0.1, -0.05) is 12.2 Å². The number of hydrogen-bond donors (Lipinski definition) is 0. The summed E-state index contributed by atoms with van der Waals surface area (Å²) in [5.74, 6) is 0.535. The molecule has 0 N–H and O–H groups in total. The van der Waals surface area contributed by atoms with Gasteiger partial charge in [-0.25, -0.2) is 4.99 Å². The minimum Gasteiger partial charge on any atom is -0.228 e. The van der Waals surface area contributed by atoms with Gasteiger partial charge >= 0.3 is 0 Å². The molecule has 0 spiro atoms. The van der Waals surface area contributed by atoms with Crippen LogP contribution in [0.15, 0.2) is 17.1 Å². The molecule has 0 saturated carbocycles. The average Bonchev–Trinajstić information content (AvgIpc) is 1.81. The number of thiocarbonyl (C=S) groups is 1. The van der Waals surface area contributed by atoms with Gasteiger partial charge in [0.2, 0.25) is 0 Å². The molecule has 0 amide bonds. The van der Waals surface area contributed by atoms with E-state index in [-0.39, 0.29) is 0 Å². The molecule has 0 aliphatic rings. The summed E-state index contributed by atoms with van der Waals surface area (Å²) in [6, 6.07) is 0. The van der Waals surface area contributed by atoms with Gasteiger partial charge in [0.15, 0.2) is 0 Å². The van der Waals surface area contributed by atoms with Gasteiger partial charge in [-0.2, -0.15) is 0 Å². The Hall–Kier alpha value is -0.170. The van der Waals surface area contributed by atoms with Crippen LogP contribution in [0.1, 0.15) is 0 Å². The van der Waals surface area contributed by atoms with Crippen molar-refractivity contribution in [3.05, 3.63) is 12.2 Å². The van der Waals surface area contributed by atoms with E-state index < -0.39 is 0 Å². The Morgan fingerprint density at radius 2 is 2.38 bits per heavy atom. The summed E-state index contributed by atoms with van der Waals surface area (Å²) in [4.78, 5) is 3.63. The van der Waals surface area contributed by atoms with Crippen molar-refractivity contribution >= 4 is 29.0 Å². The zero-order valence-electron chi connectivity index (χ0n) is 4.30. The van der Waals surface area contributed by atoms with Crippen LogP contribution < -0.4 is 0 Å². The zero-order valence-corrected chi connectivity index (χ0v) is 5.87. The number of isothiocyanates is 1. The van der Waals surface area contributed by atoms with E-state index in [1.807, 2.05) is 12.2 Å². The molecule has 0 aliphatic heterocycles. The third kappa shape index (κ3) is 5.83. The number of alkyl halides is 1. The third-order valence-electron chi connectivity index (χ3n) is 0.517. The number of nitrogens with zero attached hydrogens (tertiary/aromatic N) is 1. The van der Waals surface area contributed by atoms with E-state index in [4.69, 9.17) is 11.6 Å². The third-order valence-corrected chi connectivity index (χ3v) is 0.824. The highest BCUT2D eigenvalue weighted by Gasteiger charge is 1.66. The molecule has 0 saturated heterocycles. The Labute approximate surface area is 59.1 Å². The van der Waals surface area contributed by atoms with Crippen molar-refractivity contribution in [3.63, 3.8) is 0 Å². The van der Waals surface area contributed by atoms with Crippen LogP contribution in [0.3, 0.4) is 0 Å². The topological polar surface area (TPSA) is 12.4 Å². The Bertz CT molecular complexity index is 116. The first-order valence-electron chi connectivity index (χ1n) is 2.16. The van der Waals surface area contributed by atoms with Crippen molar-refractivity contribution in [3.8, 4) is 0 Å². The maximum Gasteiger partial charge on any atom is 0.0674 e. The highest BCUT2D eigenvalue weighted by molar-refractivity contribution is 7.78. The maximum absolute atomic E-state index is 5.31. The van der Waals surface area contributed by atoms with Crippen molar-refractivity contribution in [2.75, 3.05) is 12.4 Å². The van der Waals surface area contributed by atoms with Gasteiger partial charge in [0.05, 0.1) is 11.7 Å². The summed E-state index contributed by atoms with van der Waals surface area (Å²) in [6.07, 6.45) is 3.66. The standard InChI is InChI=1S/C5H6ClNS/c6-3-1-2-4-7-5-8/h1-2H,3-4H2. The fraction of sp³-hybridized carbons (Fsp3) is 0.400. The monoisotopic (exact) mass is 147 g/mol. The summed E-state index contributed by atoms with van der Waals surface area (Å²) in [6.45, 7) is 0.593. The van der Waals surface area contributed by atoms with Crippen LogP contribution in [0.5, 0.6) is 0 Å². The lowest BCUT2D eigenvalue weighted by atomic mass is 10.5. The van der Waals surface area contributed by atoms with E-state index in [1.54, 1.807) is 0 Å². The molecule has 0 unspecified atom stereocenters. The van der Waals surface area contributed by atoms with Gasteiger partial charge < -0.3 is 0 Å². The van der Waals surface area contributed by atoms with E-state index in [9.17, 15) is 0 Å². The fourth-order valence-electron chi connectivity index (χ4n) is 0.228. The molecular weight excluding hydrogens is 142 g/mol. The summed E-state index contributed by atoms with van der Waals surface area (Å²) in [5.41, 5.74) is 0. The highest BCUT2D eigenvalue weighted by Crippen LogP contribution is 1.77. The molecule has 0 atom stereocenters. The summed E-state index contributed by atoms with van der Waals surface area (Å²) >= 11 is 9.62. The van der Waals surface area contributed by atoms with Crippen LogP contribution in [0, 0.1) is 0 Å². The van der Waals surface area contributed by atoms with Crippen molar-refractivity contribution in [2.24, 2.45) is 4.99 Å². The second-order valence-electron chi connectivity index (χ2n) is 1.06. The molecule has 0 aromatic carbocycles. The van der Waals surface area contributed by atoms with Gasteiger partial charge in [-0.05, 0) is 12.2 Å². The smallest absolute Gasteiger partial charge is 0.0674 e. The van der Waals surface area contributed by atoms with Gasteiger partial charge in [0.25, 0.3) is 0 Å². The Morgan fingerprint density at radius 3 is 2.88 bits per heavy atom. The molecular formula is C5H6ClNS. The van der Waals surface area contributed by atoms with Gasteiger partial charge in [-0.15, -0.1) is 11.6 Å². The molecule has 0 aromatic rings. The molecule has 0 aromatic heterocycles. The van der Waals surface area contributed by atoms with E-state index in [1.165, 1.54) is 0 Å². The summed E-state index contributed by atoms with van der Waals surface area (Å²) in [5, 5.41) is 2.24. The first-order chi connectivity index (χ1) is 3.91. The SMILES string of the molecule is S=C=NCC=CCCl. The lowest BCUT2D eigenvalue weighted by molar-refractivity contribution is 1.26. The molecule has 0 fully saturated rings. The number of halogens is 1. The Balaban J connectivity index is 3.15. The fourth-order valence-corrected chi connectivity index (χ4v) is 0.428. The molecule has 44 valence electrons. The molecule has 0 rings (SSSR count). The average molecular weight is 148 g/mol. The number of aliphatic imine (C=N–C) groups is 1. The molecule has 0 heterocycles. The number of allylic oxidation sites excluding steroid dienone is 1. The molecule has 1 nitrogen and oxygen atoms in total. The lowest BCUT2D eigenvalue weighted by Crippen LogP contribution is -1.68. The highest BCUT2D eigenvalue weighted by atomic mass is 35.5. The van der Waals surface area contributed by atoms with Gasteiger partial charge in [-0.3, -0.25) is 0 Å². The van der Waals surface area contributed by atoms with Crippen molar-refractivity contribution < 1.29 is 0 Å². The van der Waals surface area contributed by atoms with Crippen molar-refractivity contribution in [1.82, 2.24) is 0 Å².